The summed E-state index contributed by atoms with van der Waals surface area (Å²) in [7, 11) is -4.11. The monoisotopic (exact) mass is 338 g/mol. The van der Waals surface area contributed by atoms with Crippen LogP contribution in [0.25, 0.3) is 0 Å². The van der Waals surface area contributed by atoms with Crippen molar-refractivity contribution in [2.75, 3.05) is 6.54 Å². The molecular formula is C15H15FN2O4S. The van der Waals surface area contributed by atoms with Crippen LogP contribution in [-0.2, 0) is 23.1 Å². The molecule has 0 spiro atoms. The summed E-state index contributed by atoms with van der Waals surface area (Å²) in [5, 5.41) is 9.04. The van der Waals surface area contributed by atoms with Crippen LogP contribution in [0, 0.1) is 12.7 Å². The number of halogens is 1. The Bertz CT molecular complexity index is 889. The number of fused-ring (bicyclic) bond motifs is 1. The van der Waals surface area contributed by atoms with Crippen LogP contribution in [0.2, 0.25) is 0 Å². The van der Waals surface area contributed by atoms with Gasteiger partial charge in [0.25, 0.3) is 0 Å². The SMILES string of the molecule is Cc1cc(C(=O)O)c(F)c(S(=O)(=O)N2CCn3cccc3C2)c1. The number of aromatic carboxylic acids is 1. The van der Waals surface area contributed by atoms with Crippen molar-refractivity contribution in [3.8, 4) is 0 Å². The first-order valence-electron chi connectivity index (χ1n) is 6.98. The fourth-order valence-electron chi connectivity index (χ4n) is 2.71. The van der Waals surface area contributed by atoms with Gasteiger partial charge in [0, 0.05) is 25.0 Å². The van der Waals surface area contributed by atoms with Crippen LogP contribution in [0.4, 0.5) is 4.39 Å². The number of aromatic nitrogens is 1. The molecule has 0 atom stereocenters. The molecule has 8 heteroatoms. The number of sulfonamides is 1. The lowest BCUT2D eigenvalue weighted by Gasteiger charge is -2.28. The van der Waals surface area contributed by atoms with E-state index in [4.69, 9.17) is 5.11 Å². The summed E-state index contributed by atoms with van der Waals surface area (Å²) in [6, 6.07) is 5.92. The van der Waals surface area contributed by atoms with E-state index in [1.807, 2.05) is 16.8 Å². The second-order valence-electron chi connectivity index (χ2n) is 5.46. The number of nitrogens with zero attached hydrogens (tertiary/aromatic N) is 2. The van der Waals surface area contributed by atoms with E-state index >= 15 is 0 Å². The number of carboxylic acid groups (broad SMARTS) is 1. The normalized spacial score (nSPS) is 15.4. The number of carbonyl (C=O) groups is 1. The van der Waals surface area contributed by atoms with Crippen molar-refractivity contribution in [3.05, 3.63) is 53.1 Å². The van der Waals surface area contributed by atoms with Gasteiger partial charge in [0.1, 0.15) is 4.90 Å². The van der Waals surface area contributed by atoms with E-state index in [2.05, 4.69) is 0 Å². The largest absolute Gasteiger partial charge is 0.478 e. The molecular weight excluding hydrogens is 323 g/mol. The molecule has 0 saturated carbocycles. The molecule has 2 aromatic rings. The highest BCUT2D eigenvalue weighted by Gasteiger charge is 2.32. The first kappa shape index (κ1) is 15.7. The minimum Gasteiger partial charge on any atom is -0.478 e. The number of benzene rings is 1. The van der Waals surface area contributed by atoms with Crippen molar-refractivity contribution in [3.63, 3.8) is 0 Å². The zero-order chi connectivity index (χ0) is 16.8. The molecule has 6 nitrogen and oxygen atoms in total. The number of aryl methyl sites for hydroxylation is 1. The van der Waals surface area contributed by atoms with E-state index in [1.165, 1.54) is 17.3 Å². The predicted octanol–water partition coefficient (Wildman–Crippen LogP) is 1.84. The van der Waals surface area contributed by atoms with Crippen molar-refractivity contribution in [1.29, 1.82) is 0 Å². The fraction of sp³-hybridized carbons (Fsp3) is 0.267. The van der Waals surface area contributed by atoms with Crippen molar-refractivity contribution in [2.24, 2.45) is 0 Å². The highest BCUT2D eigenvalue weighted by Crippen LogP contribution is 2.27. The second kappa shape index (κ2) is 5.47. The van der Waals surface area contributed by atoms with Crippen LogP contribution in [0.3, 0.4) is 0 Å². The van der Waals surface area contributed by atoms with Crippen LogP contribution in [-0.4, -0.2) is 34.9 Å². The van der Waals surface area contributed by atoms with E-state index in [0.29, 0.717) is 12.1 Å². The molecule has 1 aromatic heterocycles. The molecule has 122 valence electrons. The van der Waals surface area contributed by atoms with E-state index in [1.54, 1.807) is 6.07 Å². The average molecular weight is 338 g/mol. The van der Waals surface area contributed by atoms with Crippen LogP contribution < -0.4 is 0 Å². The number of rotatable bonds is 3. The van der Waals surface area contributed by atoms with Gasteiger partial charge in [0.2, 0.25) is 10.0 Å². The Kier molecular flexibility index (Phi) is 3.73. The Morgan fingerprint density at radius 1 is 1.30 bits per heavy atom. The summed E-state index contributed by atoms with van der Waals surface area (Å²) in [4.78, 5) is 10.5. The summed E-state index contributed by atoms with van der Waals surface area (Å²) in [5.41, 5.74) is 0.554. The Labute approximate surface area is 132 Å². The van der Waals surface area contributed by atoms with Gasteiger partial charge in [-0.3, -0.25) is 0 Å². The van der Waals surface area contributed by atoms with Gasteiger partial charge >= 0.3 is 5.97 Å². The molecule has 1 N–H and O–H groups in total. The summed E-state index contributed by atoms with van der Waals surface area (Å²) < 4.78 is 43.0. The predicted molar refractivity (Wildman–Crippen MR) is 80.1 cm³/mol. The van der Waals surface area contributed by atoms with Crippen LogP contribution in [0.5, 0.6) is 0 Å². The molecule has 0 fully saturated rings. The molecule has 1 aliphatic rings. The van der Waals surface area contributed by atoms with Gasteiger partial charge in [-0.1, -0.05) is 0 Å². The third-order valence-electron chi connectivity index (χ3n) is 3.88. The summed E-state index contributed by atoms with van der Waals surface area (Å²) in [6.07, 6.45) is 1.86. The lowest BCUT2D eigenvalue weighted by atomic mass is 10.1. The van der Waals surface area contributed by atoms with E-state index < -0.39 is 32.3 Å². The molecule has 3 rings (SSSR count). The van der Waals surface area contributed by atoms with Gasteiger partial charge in [0.15, 0.2) is 5.82 Å². The van der Waals surface area contributed by atoms with E-state index in [0.717, 1.165) is 11.8 Å². The maximum Gasteiger partial charge on any atom is 0.338 e. The third kappa shape index (κ3) is 2.64. The van der Waals surface area contributed by atoms with Gasteiger partial charge in [-0.25, -0.2) is 17.6 Å². The number of hydrogen-bond acceptors (Lipinski definition) is 3. The molecule has 23 heavy (non-hydrogen) atoms. The lowest BCUT2D eigenvalue weighted by molar-refractivity contribution is 0.0691. The van der Waals surface area contributed by atoms with Gasteiger partial charge < -0.3 is 9.67 Å². The molecule has 1 aliphatic heterocycles. The fourth-order valence-corrected chi connectivity index (χ4v) is 4.29. The summed E-state index contributed by atoms with van der Waals surface area (Å²) in [5.74, 6) is -2.71. The lowest BCUT2D eigenvalue weighted by Crippen LogP contribution is -2.38. The average Bonchev–Trinajstić information content (AvgIpc) is 2.96. The maximum absolute atomic E-state index is 14.4. The molecule has 0 bridgehead atoms. The molecule has 1 aromatic carbocycles. The third-order valence-corrected chi connectivity index (χ3v) is 5.73. The van der Waals surface area contributed by atoms with Crippen molar-refractivity contribution in [1.82, 2.24) is 8.87 Å². The number of carboxylic acids is 1. The standard InChI is InChI=1S/C15H15FN2O4S/c1-10-7-12(15(19)20)14(16)13(8-10)23(21,22)18-6-5-17-4-2-3-11(17)9-18/h2-4,7-8H,5-6,9H2,1H3,(H,19,20). The highest BCUT2D eigenvalue weighted by molar-refractivity contribution is 7.89. The minimum atomic E-state index is -4.11. The maximum atomic E-state index is 14.4. The first-order chi connectivity index (χ1) is 10.8. The molecule has 0 radical (unpaired) electrons. The minimum absolute atomic E-state index is 0.130. The summed E-state index contributed by atoms with van der Waals surface area (Å²) >= 11 is 0. The summed E-state index contributed by atoms with van der Waals surface area (Å²) in [6.45, 7) is 2.35. The Morgan fingerprint density at radius 3 is 2.74 bits per heavy atom. The molecule has 2 heterocycles. The van der Waals surface area contributed by atoms with Crippen molar-refractivity contribution < 1.29 is 22.7 Å². The quantitative estimate of drug-likeness (QED) is 0.926. The zero-order valence-corrected chi connectivity index (χ0v) is 13.2. The van der Waals surface area contributed by atoms with Gasteiger partial charge in [-0.05, 0) is 36.8 Å². The van der Waals surface area contributed by atoms with E-state index in [9.17, 15) is 17.6 Å². The first-order valence-corrected chi connectivity index (χ1v) is 8.42. The molecule has 0 saturated heterocycles. The van der Waals surface area contributed by atoms with Gasteiger partial charge in [-0.15, -0.1) is 0 Å². The smallest absolute Gasteiger partial charge is 0.338 e. The van der Waals surface area contributed by atoms with Gasteiger partial charge in [-0.2, -0.15) is 4.31 Å². The highest BCUT2D eigenvalue weighted by atomic mass is 32.2. The van der Waals surface area contributed by atoms with Crippen LogP contribution in [0.1, 0.15) is 21.6 Å². The molecule has 0 unspecified atom stereocenters. The zero-order valence-electron chi connectivity index (χ0n) is 12.4. The van der Waals surface area contributed by atoms with Crippen molar-refractivity contribution in [2.45, 2.75) is 24.9 Å². The number of hydrogen-bond donors (Lipinski definition) is 1. The molecule has 0 aliphatic carbocycles. The molecule has 0 amide bonds. The second-order valence-corrected chi connectivity index (χ2v) is 7.37. The van der Waals surface area contributed by atoms with Gasteiger partial charge in [0.05, 0.1) is 12.1 Å². The Morgan fingerprint density at radius 2 is 2.04 bits per heavy atom. The van der Waals surface area contributed by atoms with Crippen LogP contribution >= 0.6 is 0 Å². The van der Waals surface area contributed by atoms with Crippen LogP contribution in [0.15, 0.2) is 35.4 Å². The topological polar surface area (TPSA) is 79.6 Å². The Hall–Kier alpha value is -2.19. The van der Waals surface area contributed by atoms with Crippen molar-refractivity contribution >= 4 is 16.0 Å². The Balaban J connectivity index is 2.06. The van der Waals surface area contributed by atoms with E-state index in [-0.39, 0.29) is 13.1 Å².